The van der Waals surface area contributed by atoms with E-state index in [1.807, 2.05) is 18.2 Å². The van der Waals surface area contributed by atoms with E-state index in [2.05, 4.69) is 5.32 Å². The van der Waals surface area contributed by atoms with Crippen molar-refractivity contribution >= 4 is 27.5 Å². The highest BCUT2D eigenvalue weighted by atomic mass is 32.2. The number of sulfone groups is 1. The Bertz CT molecular complexity index is 841. The SMILES string of the molecule is COc1cccc(C=CC(=O)Nc2cccc(S(C)(=O)=O)c2)c1. The monoisotopic (exact) mass is 331 g/mol. The van der Waals surface area contributed by atoms with Crippen molar-refractivity contribution in [1.29, 1.82) is 0 Å². The molecule has 0 aromatic heterocycles. The molecular formula is C17H17NO4S. The molecule has 1 N–H and O–H groups in total. The molecule has 0 atom stereocenters. The standard InChI is InChI=1S/C17H17NO4S/c1-22-15-7-3-5-13(11-15)9-10-17(19)18-14-6-4-8-16(12-14)23(2,20)21/h3-12H,1-2H3,(H,18,19). The van der Waals surface area contributed by atoms with Gasteiger partial charge in [0.1, 0.15) is 5.75 Å². The number of carbonyl (C=O) groups is 1. The lowest BCUT2D eigenvalue weighted by molar-refractivity contribution is -0.111. The van der Waals surface area contributed by atoms with E-state index in [1.54, 1.807) is 31.4 Å². The zero-order valence-electron chi connectivity index (χ0n) is 12.8. The summed E-state index contributed by atoms with van der Waals surface area (Å²) < 4.78 is 28.1. The number of carbonyl (C=O) groups excluding carboxylic acids is 1. The highest BCUT2D eigenvalue weighted by Gasteiger charge is 2.08. The highest BCUT2D eigenvalue weighted by Crippen LogP contribution is 2.16. The van der Waals surface area contributed by atoms with Gasteiger partial charge in [0.05, 0.1) is 12.0 Å². The van der Waals surface area contributed by atoms with Gasteiger partial charge in [-0.15, -0.1) is 0 Å². The summed E-state index contributed by atoms with van der Waals surface area (Å²) >= 11 is 0. The van der Waals surface area contributed by atoms with Gasteiger partial charge in [0.2, 0.25) is 5.91 Å². The van der Waals surface area contributed by atoms with Crippen LogP contribution in [0.3, 0.4) is 0 Å². The van der Waals surface area contributed by atoms with Crippen LogP contribution in [-0.2, 0) is 14.6 Å². The maximum atomic E-state index is 11.9. The van der Waals surface area contributed by atoms with Crippen molar-refractivity contribution in [1.82, 2.24) is 0 Å². The van der Waals surface area contributed by atoms with E-state index in [0.29, 0.717) is 11.4 Å². The summed E-state index contributed by atoms with van der Waals surface area (Å²) in [6, 6.07) is 13.4. The first-order chi connectivity index (χ1) is 10.9. The van der Waals surface area contributed by atoms with Gasteiger partial charge in [-0.2, -0.15) is 0 Å². The average molecular weight is 331 g/mol. The van der Waals surface area contributed by atoms with E-state index < -0.39 is 9.84 Å². The molecule has 0 unspecified atom stereocenters. The molecule has 23 heavy (non-hydrogen) atoms. The van der Waals surface area contributed by atoms with Crippen LogP contribution < -0.4 is 10.1 Å². The molecule has 0 bridgehead atoms. The Morgan fingerprint density at radius 3 is 2.57 bits per heavy atom. The predicted molar refractivity (Wildman–Crippen MR) is 90.2 cm³/mol. The normalized spacial score (nSPS) is 11.4. The maximum Gasteiger partial charge on any atom is 0.248 e. The molecular weight excluding hydrogens is 314 g/mol. The second-order valence-corrected chi connectivity index (χ2v) is 6.91. The third-order valence-electron chi connectivity index (χ3n) is 3.05. The first-order valence-corrected chi connectivity index (χ1v) is 8.71. The molecule has 0 aliphatic rings. The van der Waals surface area contributed by atoms with Gasteiger partial charge in [0, 0.05) is 18.0 Å². The van der Waals surface area contributed by atoms with Gasteiger partial charge in [-0.3, -0.25) is 4.79 Å². The van der Waals surface area contributed by atoms with E-state index in [1.165, 1.54) is 18.2 Å². The first kappa shape index (κ1) is 16.8. The van der Waals surface area contributed by atoms with E-state index in [9.17, 15) is 13.2 Å². The smallest absolute Gasteiger partial charge is 0.248 e. The topological polar surface area (TPSA) is 72.5 Å². The minimum Gasteiger partial charge on any atom is -0.497 e. The van der Waals surface area contributed by atoms with Crippen LogP contribution in [0.5, 0.6) is 5.75 Å². The molecule has 2 aromatic carbocycles. The van der Waals surface area contributed by atoms with Crippen molar-refractivity contribution in [2.45, 2.75) is 4.90 Å². The summed E-state index contributed by atoms with van der Waals surface area (Å²) in [6.07, 6.45) is 4.15. The van der Waals surface area contributed by atoms with Gasteiger partial charge in [0.25, 0.3) is 0 Å². The molecule has 0 fully saturated rings. The van der Waals surface area contributed by atoms with Crippen LogP contribution in [0.15, 0.2) is 59.5 Å². The van der Waals surface area contributed by atoms with E-state index in [4.69, 9.17) is 4.74 Å². The van der Waals surface area contributed by atoms with Crippen molar-refractivity contribution in [3.8, 4) is 5.75 Å². The second-order valence-electron chi connectivity index (χ2n) is 4.90. The number of nitrogens with one attached hydrogen (secondary N) is 1. The molecule has 120 valence electrons. The lowest BCUT2D eigenvalue weighted by Gasteiger charge is -2.04. The summed E-state index contributed by atoms with van der Waals surface area (Å²) in [7, 11) is -1.73. The van der Waals surface area contributed by atoms with Crippen LogP contribution in [-0.4, -0.2) is 27.7 Å². The lowest BCUT2D eigenvalue weighted by atomic mass is 10.2. The highest BCUT2D eigenvalue weighted by molar-refractivity contribution is 7.90. The molecule has 0 heterocycles. The Morgan fingerprint density at radius 2 is 1.87 bits per heavy atom. The molecule has 0 radical (unpaired) electrons. The number of hydrogen-bond donors (Lipinski definition) is 1. The molecule has 2 aromatic rings. The molecule has 0 saturated carbocycles. The fourth-order valence-electron chi connectivity index (χ4n) is 1.91. The molecule has 6 heteroatoms. The van der Waals surface area contributed by atoms with Crippen LogP contribution in [0.25, 0.3) is 6.08 Å². The Morgan fingerprint density at radius 1 is 1.13 bits per heavy atom. The van der Waals surface area contributed by atoms with Gasteiger partial charge in [-0.05, 0) is 42.0 Å². The Hall–Kier alpha value is -2.60. The summed E-state index contributed by atoms with van der Waals surface area (Å²) in [5.74, 6) is 0.354. The van der Waals surface area contributed by atoms with Crippen molar-refractivity contribution < 1.29 is 17.9 Å². The zero-order valence-corrected chi connectivity index (χ0v) is 13.6. The van der Waals surface area contributed by atoms with Crippen LogP contribution in [0.1, 0.15) is 5.56 Å². The lowest BCUT2D eigenvalue weighted by Crippen LogP contribution is -2.08. The molecule has 0 aliphatic heterocycles. The van der Waals surface area contributed by atoms with Gasteiger partial charge < -0.3 is 10.1 Å². The quantitative estimate of drug-likeness (QED) is 0.855. The number of rotatable bonds is 5. The maximum absolute atomic E-state index is 11.9. The summed E-state index contributed by atoms with van der Waals surface area (Å²) in [5.41, 5.74) is 1.25. The number of benzene rings is 2. The van der Waals surface area contributed by atoms with Crippen LogP contribution in [0.2, 0.25) is 0 Å². The number of amides is 1. The molecule has 2 rings (SSSR count). The molecule has 1 amide bonds. The number of hydrogen-bond acceptors (Lipinski definition) is 4. The van der Waals surface area contributed by atoms with Gasteiger partial charge >= 0.3 is 0 Å². The molecule has 5 nitrogen and oxygen atoms in total. The third-order valence-corrected chi connectivity index (χ3v) is 4.16. The van der Waals surface area contributed by atoms with Crippen LogP contribution >= 0.6 is 0 Å². The fraction of sp³-hybridized carbons (Fsp3) is 0.118. The summed E-state index contributed by atoms with van der Waals surface area (Å²) in [6.45, 7) is 0. The van der Waals surface area contributed by atoms with Crippen LogP contribution in [0.4, 0.5) is 5.69 Å². The van der Waals surface area contributed by atoms with Crippen molar-refractivity contribution in [3.05, 3.63) is 60.2 Å². The molecule has 0 aliphatic carbocycles. The minimum atomic E-state index is -3.31. The van der Waals surface area contributed by atoms with Crippen molar-refractivity contribution in [3.63, 3.8) is 0 Å². The van der Waals surface area contributed by atoms with Crippen LogP contribution in [0, 0.1) is 0 Å². The zero-order chi connectivity index (χ0) is 16.9. The van der Waals surface area contributed by atoms with Gasteiger partial charge in [0.15, 0.2) is 9.84 Å². The van der Waals surface area contributed by atoms with Gasteiger partial charge in [-0.1, -0.05) is 18.2 Å². The molecule has 0 spiro atoms. The Balaban J connectivity index is 2.09. The Labute approximate surface area is 135 Å². The number of ether oxygens (including phenoxy) is 1. The van der Waals surface area contributed by atoms with E-state index in [0.717, 1.165) is 11.8 Å². The van der Waals surface area contributed by atoms with Gasteiger partial charge in [-0.25, -0.2) is 8.42 Å². The third kappa shape index (κ3) is 4.96. The first-order valence-electron chi connectivity index (χ1n) is 6.82. The fourth-order valence-corrected chi connectivity index (χ4v) is 2.57. The minimum absolute atomic E-state index is 0.159. The summed E-state index contributed by atoms with van der Waals surface area (Å²) in [4.78, 5) is 12.1. The largest absolute Gasteiger partial charge is 0.497 e. The number of anilines is 1. The number of methoxy groups -OCH3 is 1. The summed E-state index contributed by atoms with van der Waals surface area (Å²) in [5, 5.41) is 2.63. The average Bonchev–Trinajstić information content (AvgIpc) is 2.52. The van der Waals surface area contributed by atoms with Crippen molar-refractivity contribution in [2.75, 3.05) is 18.7 Å². The molecule has 0 saturated heterocycles. The Kier molecular flexibility index (Phi) is 5.18. The van der Waals surface area contributed by atoms with Crippen molar-refractivity contribution in [2.24, 2.45) is 0 Å². The predicted octanol–water partition coefficient (Wildman–Crippen LogP) is 2.75. The van der Waals surface area contributed by atoms with E-state index >= 15 is 0 Å². The second kappa shape index (κ2) is 7.11. The van der Waals surface area contributed by atoms with E-state index in [-0.39, 0.29) is 10.8 Å².